The number of hydrogen-bond donors (Lipinski definition) is 1. The molecule has 0 fully saturated rings. The van der Waals surface area contributed by atoms with Crippen LogP contribution in [0.2, 0.25) is 5.02 Å². The zero-order chi connectivity index (χ0) is 20.5. The predicted molar refractivity (Wildman–Crippen MR) is 116 cm³/mol. The maximum absolute atomic E-state index is 13.1. The lowest BCUT2D eigenvalue weighted by molar-refractivity contribution is 0.621. The van der Waals surface area contributed by atoms with Gasteiger partial charge < -0.3 is 5.32 Å². The molecule has 0 bridgehead atoms. The van der Waals surface area contributed by atoms with E-state index in [-0.39, 0.29) is 5.82 Å². The van der Waals surface area contributed by atoms with E-state index in [9.17, 15) is 4.39 Å². The quantitative estimate of drug-likeness (QED) is 0.483. The molecule has 1 N–H and O–H groups in total. The minimum atomic E-state index is -0.239. The summed E-state index contributed by atoms with van der Waals surface area (Å²) in [6.07, 6.45) is 6.30. The van der Waals surface area contributed by atoms with E-state index in [1.54, 1.807) is 16.8 Å². The van der Waals surface area contributed by atoms with E-state index in [0.29, 0.717) is 18.1 Å². The molecule has 1 aliphatic rings. The maximum Gasteiger partial charge on any atom is 0.123 e. The third-order valence-electron chi connectivity index (χ3n) is 5.52. The van der Waals surface area contributed by atoms with Crippen molar-refractivity contribution in [3.63, 3.8) is 0 Å². The van der Waals surface area contributed by atoms with Crippen LogP contribution in [0.3, 0.4) is 0 Å². The summed E-state index contributed by atoms with van der Waals surface area (Å²) < 4.78 is 14.9. The molecule has 0 spiro atoms. The Morgan fingerprint density at radius 3 is 2.77 bits per heavy atom. The highest BCUT2D eigenvalue weighted by molar-refractivity contribution is 6.31. The number of aryl methyl sites for hydroxylation is 1. The predicted octanol–water partition coefficient (Wildman–Crippen LogP) is 5.16. The first-order valence-corrected chi connectivity index (χ1v) is 10.5. The van der Waals surface area contributed by atoms with Crippen molar-refractivity contribution in [2.45, 2.75) is 38.8 Å². The molecule has 2 heterocycles. The Labute approximate surface area is 178 Å². The van der Waals surface area contributed by atoms with Crippen LogP contribution < -0.4 is 5.32 Å². The summed E-state index contributed by atoms with van der Waals surface area (Å²) in [7, 11) is 0. The summed E-state index contributed by atoms with van der Waals surface area (Å²) in [4.78, 5) is 4.87. The van der Waals surface area contributed by atoms with Crippen LogP contribution in [-0.4, -0.2) is 20.0 Å². The highest BCUT2D eigenvalue weighted by Crippen LogP contribution is 2.34. The van der Waals surface area contributed by atoms with Crippen molar-refractivity contribution in [1.29, 1.82) is 0 Å². The molecule has 2 aromatic heterocycles. The molecule has 7 heteroatoms. The van der Waals surface area contributed by atoms with E-state index >= 15 is 0 Å². The molecule has 2 aromatic carbocycles. The summed E-state index contributed by atoms with van der Waals surface area (Å²) in [6.45, 7) is 1.12. The lowest BCUT2D eigenvalue weighted by Crippen LogP contribution is -2.11. The molecular weight excluding hydrogens is 401 g/mol. The third-order valence-corrected chi connectivity index (χ3v) is 5.75. The fourth-order valence-electron chi connectivity index (χ4n) is 4.05. The monoisotopic (exact) mass is 421 g/mol. The first kappa shape index (κ1) is 19.0. The van der Waals surface area contributed by atoms with Crippen LogP contribution in [0.4, 0.5) is 10.1 Å². The van der Waals surface area contributed by atoms with Crippen molar-refractivity contribution < 1.29 is 4.39 Å². The van der Waals surface area contributed by atoms with Gasteiger partial charge in [0, 0.05) is 21.8 Å². The molecule has 0 atom stereocenters. The highest BCUT2D eigenvalue weighted by atomic mass is 35.5. The van der Waals surface area contributed by atoms with E-state index in [0.717, 1.165) is 40.7 Å². The fraction of sp³-hybridized carbons (Fsp3) is 0.261. The topological polar surface area (TPSA) is 55.6 Å². The minimum absolute atomic E-state index is 0.239. The lowest BCUT2D eigenvalue weighted by Gasteiger charge is -2.21. The first-order chi connectivity index (χ1) is 14.7. The standard InChI is InChI=1S/C23H21ClFN5/c24-16-7-10-20-22(11-16)27-21-4-2-1-3-19(21)23(20)26-12-18-14-30(29-28-18)13-15-5-8-17(25)9-6-15/h5-11,14H,1-4,12-13H2,(H,26,27). The van der Waals surface area contributed by atoms with Crippen molar-refractivity contribution in [3.8, 4) is 0 Å². The van der Waals surface area contributed by atoms with Gasteiger partial charge in [-0.05, 0) is 67.1 Å². The van der Waals surface area contributed by atoms with Crippen molar-refractivity contribution in [1.82, 2.24) is 20.0 Å². The maximum atomic E-state index is 13.1. The SMILES string of the molecule is Fc1ccc(Cn2cc(CNc3c4c(nc5cc(Cl)ccc35)CCCC4)nn2)cc1. The molecule has 5 nitrogen and oxygen atoms in total. The minimum Gasteiger partial charge on any atom is -0.378 e. The number of aromatic nitrogens is 4. The van der Waals surface area contributed by atoms with E-state index in [1.165, 1.54) is 36.2 Å². The van der Waals surface area contributed by atoms with Crippen molar-refractivity contribution >= 4 is 28.2 Å². The molecule has 0 unspecified atom stereocenters. The zero-order valence-electron chi connectivity index (χ0n) is 16.4. The Hall–Kier alpha value is -2.99. The number of benzene rings is 2. The average Bonchev–Trinajstić information content (AvgIpc) is 3.20. The Morgan fingerprint density at radius 1 is 1.07 bits per heavy atom. The van der Waals surface area contributed by atoms with E-state index in [2.05, 4.69) is 15.6 Å². The molecule has 4 aromatic rings. The summed E-state index contributed by atoms with van der Waals surface area (Å²) >= 11 is 6.20. The average molecular weight is 422 g/mol. The van der Waals surface area contributed by atoms with Crippen LogP contribution in [0.15, 0.2) is 48.7 Å². The second kappa shape index (κ2) is 8.03. The summed E-state index contributed by atoms with van der Waals surface area (Å²) in [5, 5.41) is 13.9. The van der Waals surface area contributed by atoms with Gasteiger partial charge in [-0.15, -0.1) is 5.10 Å². The number of pyridine rings is 1. The third kappa shape index (κ3) is 3.87. The van der Waals surface area contributed by atoms with Gasteiger partial charge in [0.05, 0.1) is 24.8 Å². The highest BCUT2D eigenvalue weighted by Gasteiger charge is 2.18. The molecule has 152 valence electrons. The normalized spacial score (nSPS) is 13.4. The number of nitrogens with one attached hydrogen (secondary N) is 1. The molecule has 0 aliphatic heterocycles. The number of anilines is 1. The van der Waals surface area contributed by atoms with Gasteiger partial charge in [0.25, 0.3) is 0 Å². The van der Waals surface area contributed by atoms with E-state index < -0.39 is 0 Å². The Balaban J connectivity index is 1.39. The van der Waals surface area contributed by atoms with E-state index in [1.807, 2.05) is 24.4 Å². The van der Waals surface area contributed by atoms with Gasteiger partial charge in [0.2, 0.25) is 0 Å². The summed E-state index contributed by atoms with van der Waals surface area (Å²) in [5.41, 5.74) is 6.34. The number of fused-ring (bicyclic) bond motifs is 2. The van der Waals surface area contributed by atoms with Gasteiger partial charge in [-0.2, -0.15) is 0 Å². The molecule has 30 heavy (non-hydrogen) atoms. The Kier molecular flexibility index (Phi) is 5.09. The summed E-state index contributed by atoms with van der Waals surface area (Å²) in [5.74, 6) is -0.239. The van der Waals surface area contributed by atoms with Crippen LogP contribution in [0.1, 0.15) is 35.4 Å². The molecule has 0 saturated carbocycles. The van der Waals surface area contributed by atoms with Crippen LogP contribution in [-0.2, 0) is 25.9 Å². The summed E-state index contributed by atoms with van der Waals surface area (Å²) in [6, 6.07) is 12.3. The fourth-order valence-corrected chi connectivity index (χ4v) is 4.22. The van der Waals surface area contributed by atoms with Crippen LogP contribution in [0.25, 0.3) is 10.9 Å². The Bertz CT molecular complexity index is 1200. The molecular formula is C23H21ClFN5. The smallest absolute Gasteiger partial charge is 0.123 e. The number of nitrogens with zero attached hydrogens (tertiary/aromatic N) is 4. The zero-order valence-corrected chi connectivity index (χ0v) is 17.2. The Morgan fingerprint density at radius 2 is 1.90 bits per heavy atom. The van der Waals surface area contributed by atoms with E-state index in [4.69, 9.17) is 16.6 Å². The molecule has 0 amide bonds. The number of halogens is 2. The first-order valence-electron chi connectivity index (χ1n) is 10.1. The number of rotatable bonds is 5. The van der Waals surface area contributed by atoms with Crippen molar-refractivity contribution in [3.05, 3.63) is 82.0 Å². The van der Waals surface area contributed by atoms with Crippen LogP contribution in [0, 0.1) is 5.82 Å². The van der Waals surface area contributed by atoms with Gasteiger partial charge in [-0.1, -0.05) is 28.9 Å². The largest absolute Gasteiger partial charge is 0.378 e. The lowest BCUT2D eigenvalue weighted by atomic mass is 9.92. The molecule has 0 radical (unpaired) electrons. The van der Waals surface area contributed by atoms with Gasteiger partial charge in [0.15, 0.2) is 0 Å². The second-order valence-corrected chi connectivity index (χ2v) is 8.10. The molecule has 1 aliphatic carbocycles. The van der Waals surface area contributed by atoms with Crippen LogP contribution >= 0.6 is 11.6 Å². The second-order valence-electron chi connectivity index (χ2n) is 7.67. The molecule has 0 saturated heterocycles. The number of hydrogen-bond acceptors (Lipinski definition) is 4. The van der Waals surface area contributed by atoms with Crippen molar-refractivity contribution in [2.75, 3.05) is 5.32 Å². The van der Waals surface area contributed by atoms with Crippen molar-refractivity contribution in [2.24, 2.45) is 0 Å². The van der Waals surface area contributed by atoms with Gasteiger partial charge in [-0.25, -0.2) is 9.07 Å². The van der Waals surface area contributed by atoms with Gasteiger partial charge in [0.1, 0.15) is 11.5 Å². The van der Waals surface area contributed by atoms with Crippen LogP contribution in [0.5, 0.6) is 0 Å². The van der Waals surface area contributed by atoms with Gasteiger partial charge in [-0.3, -0.25) is 4.98 Å². The molecule has 5 rings (SSSR count). The van der Waals surface area contributed by atoms with Gasteiger partial charge >= 0.3 is 0 Å².